The van der Waals surface area contributed by atoms with Crippen molar-refractivity contribution in [3.05, 3.63) is 63.6 Å². The summed E-state index contributed by atoms with van der Waals surface area (Å²) in [5, 5.41) is 15.6. The lowest BCUT2D eigenvalue weighted by Gasteiger charge is -2.34. The van der Waals surface area contributed by atoms with E-state index in [2.05, 4.69) is 19.9 Å². The van der Waals surface area contributed by atoms with Crippen molar-refractivity contribution in [2.75, 3.05) is 45.6 Å². The number of sulfone groups is 1. The number of rotatable bonds is 6. The molecule has 1 aromatic heterocycles. The number of fused-ring (bicyclic) bond motifs is 1. The fourth-order valence-electron chi connectivity index (χ4n) is 4.36. The monoisotopic (exact) mass is 559 g/mol. The zero-order valence-corrected chi connectivity index (χ0v) is 22.6. The van der Waals surface area contributed by atoms with Crippen LogP contribution in [0.1, 0.15) is 11.1 Å². The minimum absolute atomic E-state index is 0.149. The van der Waals surface area contributed by atoms with Crippen molar-refractivity contribution in [3.8, 4) is 0 Å². The SMILES string of the molecule is CS(=O)(=O)c1ccc(Cn2ncc3cc(/C=C4\SC(N5CCN(CCO)CC5)=NC4=O)ccc32)c(Cl)c1. The quantitative estimate of drug-likeness (QED) is 0.459. The van der Waals surface area contributed by atoms with E-state index in [1.165, 1.54) is 17.8 Å². The molecule has 5 rings (SSSR count). The predicted octanol–water partition coefficient (Wildman–Crippen LogP) is 2.72. The van der Waals surface area contributed by atoms with Gasteiger partial charge in [-0.1, -0.05) is 23.7 Å². The molecular formula is C25H26ClN5O4S2. The predicted molar refractivity (Wildman–Crippen MR) is 147 cm³/mol. The molecule has 0 aliphatic carbocycles. The number of aliphatic hydroxyl groups is 1. The molecule has 1 fully saturated rings. The fourth-order valence-corrected chi connectivity index (χ4v) is 6.28. The lowest BCUT2D eigenvalue weighted by atomic mass is 10.1. The molecule has 2 aliphatic heterocycles. The van der Waals surface area contributed by atoms with Crippen molar-refractivity contribution in [1.29, 1.82) is 0 Å². The molecule has 1 N–H and O–H groups in total. The number of amidine groups is 1. The molecule has 0 unspecified atom stereocenters. The van der Waals surface area contributed by atoms with Crippen molar-refractivity contribution >= 4 is 61.3 Å². The average molecular weight is 560 g/mol. The molecule has 0 saturated carbocycles. The Kier molecular flexibility index (Phi) is 7.42. The summed E-state index contributed by atoms with van der Waals surface area (Å²) >= 11 is 7.75. The van der Waals surface area contributed by atoms with Gasteiger partial charge in [0.2, 0.25) is 0 Å². The topological polar surface area (TPSA) is 108 Å². The molecule has 37 heavy (non-hydrogen) atoms. The minimum atomic E-state index is -3.33. The summed E-state index contributed by atoms with van der Waals surface area (Å²) < 4.78 is 25.4. The van der Waals surface area contributed by atoms with Crippen LogP contribution in [0.3, 0.4) is 0 Å². The van der Waals surface area contributed by atoms with E-state index in [1.54, 1.807) is 23.0 Å². The van der Waals surface area contributed by atoms with Crippen LogP contribution < -0.4 is 0 Å². The van der Waals surface area contributed by atoms with Crippen molar-refractivity contribution in [3.63, 3.8) is 0 Å². The largest absolute Gasteiger partial charge is 0.395 e. The van der Waals surface area contributed by atoms with Gasteiger partial charge in [-0.3, -0.25) is 14.4 Å². The smallest absolute Gasteiger partial charge is 0.286 e. The molecule has 0 spiro atoms. The van der Waals surface area contributed by atoms with Gasteiger partial charge in [0.1, 0.15) is 0 Å². The van der Waals surface area contributed by atoms with Crippen LogP contribution in [0, 0.1) is 0 Å². The van der Waals surface area contributed by atoms with E-state index < -0.39 is 9.84 Å². The highest BCUT2D eigenvalue weighted by atomic mass is 35.5. The van der Waals surface area contributed by atoms with Crippen LogP contribution in [0.15, 0.2) is 57.4 Å². The lowest BCUT2D eigenvalue weighted by Crippen LogP contribution is -2.48. The van der Waals surface area contributed by atoms with Crippen molar-refractivity contribution in [1.82, 2.24) is 19.6 Å². The normalized spacial score (nSPS) is 18.2. The summed E-state index contributed by atoms with van der Waals surface area (Å²) in [6.07, 6.45) is 4.76. The first-order chi connectivity index (χ1) is 17.7. The van der Waals surface area contributed by atoms with Gasteiger partial charge >= 0.3 is 0 Å². The van der Waals surface area contributed by atoms with Gasteiger partial charge in [-0.25, -0.2) is 8.42 Å². The number of carbonyl (C=O) groups is 1. The Labute approximate surface area is 224 Å². The first-order valence-electron chi connectivity index (χ1n) is 11.8. The van der Waals surface area contributed by atoms with Gasteiger partial charge in [-0.2, -0.15) is 10.1 Å². The van der Waals surface area contributed by atoms with Crippen LogP contribution in [0.4, 0.5) is 0 Å². The zero-order chi connectivity index (χ0) is 26.2. The molecule has 1 amide bonds. The maximum atomic E-state index is 12.6. The van der Waals surface area contributed by atoms with Crippen LogP contribution in [0.2, 0.25) is 5.02 Å². The first-order valence-corrected chi connectivity index (χ1v) is 14.8. The number of piperazine rings is 1. The maximum Gasteiger partial charge on any atom is 0.286 e. The lowest BCUT2D eigenvalue weighted by molar-refractivity contribution is -0.113. The molecule has 0 bridgehead atoms. The molecule has 194 valence electrons. The number of nitrogens with zero attached hydrogens (tertiary/aromatic N) is 5. The number of thioether (sulfide) groups is 1. The van der Waals surface area contributed by atoms with Crippen LogP contribution in [0.5, 0.6) is 0 Å². The van der Waals surface area contributed by atoms with Gasteiger partial charge < -0.3 is 10.0 Å². The summed E-state index contributed by atoms with van der Waals surface area (Å²) in [5.74, 6) is -0.235. The van der Waals surface area contributed by atoms with E-state index in [0.29, 0.717) is 23.0 Å². The molecule has 9 nitrogen and oxygen atoms in total. The molecule has 2 aliphatic rings. The Morgan fingerprint density at radius 2 is 1.92 bits per heavy atom. The molecule has 1 saturated heterocycles. The summed E-state index contributed by atoms with van der Waals surface area (Å²) in [6.45, 7) is 4.43. The number of aliphatic imine (C=N–C) groups is 1. The fraction of sp³-hybridized carbons (Fsp3) is 0.320. The summed E-state index contributed by atoms with van der Waals surface area (Å²) in [5.41, 5.74) is 2.54. The standard InChI is InChI=1S/C25H26ClN5O4S2/c1-37(34,35)20-4-3-18(21(26)14-20)16-31-22-5-2-17(12-19(22)15-27-31)13-23-24(33)28-25(36-23)30-8-6-29(7-9-30)10-11-32/h2-5,12-15,32H,6-11,16H2,1H3/b23-13-. The Morgan fingerprint density at radius 3 is 2.62 bits per heavy atom. The van der Waals surface area contributed by atoms with Crippen molar-refractivity contribution in [2.45, 2.75) is 11.4 Å². The van der Waals surface area contributed by atoms with E-state index in [4.69, 9.17) is 16.7 Å². The first kappa shape index (κ1) is 25.9. The van der Waals surface area contributed by atoms with E-state index in [0.717, 1.165) is 59.6 Å². The highest BCUT2D eigenvalue weighted by Crippen LogP contribution is 2.31. The molecule has 0 radical (unpaired) electrons. The Hall–Kier alpha value is -2.70. The average Bonchev–Trinajstić information content (AvgIpc) is 3.43. The number of carbonyl (C=O) groups excluding carboxylic acids is 1. The second-order valence-electron chi connectivity index (χ2n) is 9.01. The summed E-state index contributed by atoms with van der Waals surface area (Å²) in [6, 6.07) is 10.6. The van der Waals surface area contributed by atoms with Crippen molar-refractivity contribution in [2.24, 2.45) is 4.99 Å². The van der Waals surface area contributed by atoms with E-state index in [9.17, 15) is 13.2 Å². The molecular weight excluding hydrogens is 534 g/mol. The number of aromatic nitrogens is 2. The zero-order valence-electron chi connectivity index (χ0n) is 20.2. The van der Waals surface area contributed by atoms with Gasteiger partial charge in [0, 0.05) is 49.4 Å². The van der Waals surface area contributed by atoms with Crippen LogP contribution in [-0.2, 0) is 21.2 Å². The van der Waals surface area contributed by atoms with Crippen LogP contribution >= 0.6 is 23.4 Å². The van der Waals surface area contributed by atoms with E-state index >= 15 is 0 Å². The Morgan fingerprint density at radius 1 is 1.14 bits per heavy atom. The third-order valence-electron chi connectivity index (χ3n) is 6.40. The van der Waals surface area contributed by atoms with E-state index in [-0.39, 0.29) is 17.4 Å². The van der Waals surface area contributed by atoms with Gasteiger partial charge in [0.15, 0.2) is 15.0 Å². The minimum Gasteiger partial charge on any atom is -0.395 e. The van der Waals surface area contributed by atoms with Crippen LogP contribution in [0.25, 0.3) is 17.0 Å². The number of hydrogen-bond donors (Lipinski definition) is 1. The number of benzene rings is 2. The second-order valence-corrected chi connectivity index (χ2v) is 12.4. The second kappa shape index (κ2) is 10.6. The Balaban J connectivity index is 1.29. The number of β-amino-alcohol motifs (C(OH)–C–C–N with tert-alkyl or cyclic N) is 1. The Bertz CT molecular complexity index is 1530. The van der Waals surface area contributed by atoms with Gasteiger partial charge in [-0.05, 0) is 53.2 Å². The van der Waals surface area contributed by atoms with Crippen LogP contribution in [-0.4, -0.2) is 89.8 Å². The highest BCUT2D eigenvalue weighted by molar-refractivity contribution is 8.18. The summed E-state index contributed by atoms with van der Waals surface area (Å²) in [7, 11) is -3.33. The number of aliphatic hydroxyl groups excluding tert-OH is 1. The van der Waals surface area contributed by atoms with Crippen molar-refractivity contribution < 1.29 is 18.3 Å². The van der Waals surface area contributed by atoms with Gasteiger partial charge in [0.05, 0.1) is 34.7 Å². The van der Waals surface area contributed by atoms with Gasteiger partial charge in [0.25, 0.3) is 5.91 Å². The molecule has 3 aromatic rings. The molecule has 3 heterocycles. The molecule has 2 aromatic carbocycles. The third-order valence-corrected chi connectivity index (χ3v) is 8.91. The molecule has 0 atom stereocenters. The number of hydrogen-bond acceptors (Lipinski definition) is 8. The maximum absolute atomic E-state index is 12.6. The van der Waals surface area contributed by atoms with Gasteiger partial charge in [-0.15, -0.1) is 0 Å². The summed E-state index contributed by atoms with van der Waals surface area (Å²) in [4.78, 5) is 21.9. The molecule has 12 heteroatoms. The van der Waals surface area contributed by atoms with E-state index in [1.807, 2.05) is 24.3 Å². The number of halogens is 1. The highest BCUT2D eigenvalue weighted by Gasteiger charge is 2.28. The third kappa shape index (κ3) is 5.75. The number of amides is 1.